The van der Waals surface area contributed by atoms with Gasteiger partial charge in [0.05, 0.1) is 22.2 Å². The lowest BCUT2D eigenvalue weighted by molar-refractivity contribution is -0.119. The van der Waals surface area contributed by atoms with Crippen molar-refractivity contribution >= 4 is 39.2 Å². The molecule has 1 aromatic carbocycles. The molecule has 7 nitrogen and oxygen atoms in total. The highest BCUT2D eigenvalue weighted by atomic mass is 32.1. The van der Waals surface area contributed by atoms with Gasteiger partial charge in [0.15, 0.2) is 6.61 Å². The number of nitrogens with zero attached hydrogens (tertiary/aromatic N) is 3. The minimum absolute atomic E-state index is 0.298. The van der Waals surface area contributed by atoms with E-state index >= 15 is 0 Å². The number of benzene rings is 1. The van der Waals surface area contributed by atoms with Crippen LogP contribution < -0.4 is 5.32 Å². The number of fused-ring (bicyclic) bond motifs is 2. The first kappa shape index (κ1) is 19.0. The van der Waals surface area contributed by atoms with Gasteiger partial charge in [-0.1, -0.05) is 6.42 Å². The highest BCUT2D eigenvalue weighted by Crippen LogP contribution is 2.36. The number of ether oxygens (including phenoxy) is 1. The molecule has 2 aromatic heterocycles. The summed E-state index contributed by atoms with van der Waals surface area (Å²) >= 11 is 1.45. The third-order valence-electron chi connectivity index (χ3n) is 4.83. The zero-order valence-electron chi connectivity index (χ0n) is 15.6. The summed E-state index contributed by atoms with van der Waals surface area (Å²) in [5, 5.41) is 12.8. The Morgan fingerprint density at radius 1 is 1.14 bits per heavy atom. The van der Waals surface area contributed by atoms with Crippen molar-refractivity contribution < 1.29 is 14.3 Å². The van der Waals surface area contributed by atoms with Crippen LogP contribution in [0.3, 0.4) is 0 Å². The number of amides is 1. The molecule has 146 valence electrons. The molecule has 3 aromatic rings. The fraction of sp³-hybridized carbons (Fsp3) is 0.286. The summed E-state index contributed by atoms with van der Waals surface area (Å²) in [6, 6.07) is 7.06. The molecule has 8 heteroatoms. The van der Waals surface area contributed by atoms with Crippen molar-refractivity contribution in [3.8, 4) is 6.07 Å². The maximum Gasteiger partial charge on any atom is 0.338 e. The summed E-state index contributed by atoms with van der Waals surface area (Å²) in [6.45, 7) is -0.426. The normalized spacial score (nSPS) is 13.2. The average Bonchev–Trinajstić information content (AvgIpc) is 2.90. The monoisotopic (exact) mass is 406 g/mol. The zero-order chi connectivity index (χ0) is 20.2. The zero-order valence-corrected chi connectivity index (χ0v) is 16.4. The predicted molar refractivity (Wildman–Crippen MR) is 109 cm³/mol. The Bertz CT molecular complexity index is 1130. The molecule has 0 fully saturated rings. The van der Waals surface area contributed by atoms with Gasteiger partial charge in [0.1, 0.15) is 11.1 Å². The molecule has 1 N–H and O–H groups in total. The number of hydrogen-bond donors (Lipinski definition) is 1. The van der Waals surface area contributed by atoms with Crippen LogP contribution in [0.25, 0.3) is 11.0 Å². The van der Waals surface area contributed by atoms with E-state index in [4.69, 9.17) is 4.74 Å². The van der Waals surface area contributed by atoms with Gasteiger partial charge in [-0.3, -0.25) is 14.8 Å². The molecule has 0 radical (unpaired) electrons. The van der Waals surface area contributed by atoms with Crippen LogP contribution in [0.2, 0.25) is 0 Å². The Morgan fingerprint density at radius 2 is 1.93 bits per heavy atom. The van der Waals surface area contributed by atoms with Crippen LogP contribution in [0, 0.1) is 11.3 Å². The van der Waals surface area contributed by atoms with Crippen LogP contribution >= 0.6 is 11.3 Å². The van der Waals surface area contributed by atoms with Crippen molar-refractivity contribution in [3.05, 3.63) is 52.2 Å². The summed E-state index contributed by atoms with van der Waals surface area (Å²) < 4.78 is 5.13. The number of hydrogen-bond acceptors (Lipinski definition) is 7. The number of esters is 1. The van der Waals surface area contributed by atoms with E-state index in [2.05, 4.69) is 21.4 Å². The lowest BCUT2D eigenvalue weighted by atomic mass is 10.1. The Balaban J connectivity index is 1.41. The van der Waals surface area contributed by atoms with Gasteiger partial charge < -0.3 is 10.1 Å². The SMILES string of the molecule is N#Cc1c(NC(=O)COC(=O)c2ccc3nccnc3c2)sc2c1CCCCC2. The van der Waals surface area contributed by atoms with E-state index in [1.54, 1.807) is 30.6 Å². The average molecular weight is 406 g/mol. The fourth-order valence-corrected chi connectivity index (χ4v) is 4.67. The number of nitrogens with one attached hydrogen (secondary N) is 1. The molecule has 29 heavy (non-hydrogen) atoms. The van der Waals surface area contributed by atoms with E-state index in [9.17, 15) is 14.9 Å². The smallest absolute Gasteiger partial charge is 0.338 e. The van der Waals surface area contributed by atoms with E-state index < -0.39 is 18.5 Å². The van der Waals surface area contributed by atoms with Crippen molar-refractivity contribution in [2.75, 3.05) is 11.9 Å². The van der Waals surface area contributed by atoms with Crippen molar-refractivity contribution in [2.45, 2.75) is 32.1 Å². The van der Waals surface area contributed by atoms with Crippen LogP contribution in [-0.2, 0) is 22.4 Å². The van der Waals surface area contributed by atoms with E-state index in [-0.39, 0.29) is 0 Å². The number of rotatable bonds is 4. The highest BCUT2D eigenvalue weighted by molar-refractivity contribution is 7.16. The topological polar surface area (TPSA) is 105 Å². The van der Waals surface area contributed by atoms with Crippen molar-refractivity contribution in [3.63, 3.8) is 0 Å². The van der Waals surface area contributed by atoms with Crippen molar-refractivity contribution in [2.24, 2.45) is 0 Å². The molecule has 0 unspecified atom stereocenters. The predicted octanol–water partition coefficient (Wildman–Crippen LogP) is 3.63. The van der Waals surface area contributed by atoms with Crippen LogP contribution in [0.4, 0.5) is 5.00 Å². The largest absolute Gasteiger partial charge is 0.452 e. The Morgan fingerprint density at radius 3 is 2.76 bits per heavy atom. The molecule has 1 aliphatic rings. The van der Waals surface area contributed by atoms with Crippen molar-refractivity contribution in [1.82, 2.24) is 9.97 Å². The summed E-state index contributed by atoms with van der Waals surface area (Å²) in [4.78, 5) is 34.0. The third-order valence-corrected chi connectivity index (χ3v) is 6.03. The molecule has 0 spiro atoms. The van der Waals surface area contributed by atoms with Gasteiger partial charge in [0.2, 0.25) is 0 Å². The lowest BCUT2D eigenvalue weighted by Gasteiger charge is -2.06. The Hall–Kier alpha value is -3.31. The minimum Gasteiger partial charge on any atom is -0.452 e. The maximum atomic E-state index is 12.3. The van der Waals surface area contributed by atoms with Gasteiger partial charge in [0, 0.05) is 17.3 Å². The number of carbonyl (C=O) groups is 2. The molecule has 4 rings (SSSR count). The molecular weight excluding hydrogens is 388 g/mol. The second-order valence-corrected chi connectivity index (χ2v) is 7.87. The summed E-state index contributed by atoms with van der Waals surface area (Å²) in [7, 11) is 0. The second kappa shape index (κ2) is 8.37. The summed E-state index contributed by atoms with van der Waals surface area (Å²) in [5.41, 5.74) is 3.14. The fourth-order valence-electron chi connectivity index (χ4n) is 3.42. The van der Waals surface area contributed by atoms with Gasteiger partial charge in [-0.2, -0.15) is 5.26 Å². The van der Waals surface area contributed by atoms with E-state index in [0.29, 0.717) is 27.2 Å². The van der Waals surface area contributed by atoms with Crippen LogP contribution in [0.1, 0.15) is 45.6 Å². The number of carbonyl (C=O) groups excluding carboxylic acids is 2. The quantitative estimate of drug-likeness (QED) is 0.524. The number of aromatic nitrogens is 2. The second-order valence-electron chi connectivity index (χ2n) is 6.76. The molecule has 2 heterocycles. The molecule has 1 aliphatic carbocycles. The molecule has 0 bridgehead atoms. The van der Waals surface area contributed by atoms with Gasteiger partial charge in [-0.15, -0.1) is 11.3 Å². The number of aryl methyl sites for hydroxylation is 1. The Kier molecular flexibility index (Phi) is 5.49. The first-order valence-electron chi connectivity index (χ1n) is 9.38. The molecular formula is C21H18N4O3S. The van der Waals surface area contributed by atoms with Gasteiger partial charge in [0.25, 0.3) is 5.91 Å². The summed E-state index contributed by atoms with van der Waals surface area (Å²) in [6.07, 6.45) is 8.22. The number of thiophene rings is 1. The summed E-state index contributed by atoms with van der Waals surface area (Å²) in [5.74, 6) is -1.08. The molecule has 0 saturated heterocycles. The molecule has 0 atom stereocenters. The van der Waals surface area contributed by atoms with Crippen LogP contribution in [0.15, 0.2) is 30.6 Å². The number of anilines is 1. The highest BCUT2D eigenvalue weighted by Gasteiger charge is 2.21. The maximum absolute atomic E-state index is 12.3. The van der Waals surface area contributed by atoms with E-state index in [0.717, 1.165) is 37.7 Å². The van der Waals surface area contributed by atoms with E-state index in [1.807, 2.05) is 0 Å². The molecule has 0 saturated carbocycles. The van der Waals surface area contributed by atoms with Crippen molar-refractivity contribution in [1.29, 1.82) is 5.26 Å². The third kappa shape index (κ3) is 4.10. The van der Waals surface area contributed by atoms with Gasteiger partial charge in [-0.05, 0) is 49.4 Å². The van der Waals surface area contributed by atoms with Crippen LogP contribution in [0.5, 0.6) is 0 Å². The number of nitriles is 1. The molecule has 0 aliphatic heterocycles. The molecule has 1 amide bonds. The minimum atomic E-state index is -0.616. The standard InChI is InChI=1S/C21H18N4O3S/c22-11-15-14-4-2-1-3-5-18(14)29-20(15)25-19(26)12-28-21(27)13-6-7-16-17(10-13)24-9-8-23-16/h6-10H,1-5,12H2,(H,25,26). The van der Waals surface area contributed by atoms with Crippen LogP contribution in [-0.4, -0.2) is 28.5 Å². The van der Waals surface area contributed by atoms with E-state index in [1.165, 1.54) is 16.2 Å². The lowest BCUT2D eigenvalue weighted by Crippen LogP contribution is -2.21. The van der Waals surface area contributed by atoms with Gasteiger partial charge in [-0.25, -0.2) is 4.79 Å². The van der Waals surface area contributed by atoms with Gasteiger partial charge >= 0.3 is 5.97 Å². The Labute approximate surface area is 171 Å². The first-order valence-corrected chi connectivity index (χ1v) is 10.2. The first-order chi connectivity index (χ1) is 14.2.